The molecule has 9 heteroatoms. The fraction of sp³-hybridized carbons (Fsp3) is 0.826. The van der Waals surface area contributed by atoms with Crippen LogP contribution in [0.3, 0.4) is 0 Å². The standard InChI is InChI=1S/C23H42F3N5O/c1-9-31-19(18(3)30-14-12-29(13-15-30)16-23(24,25)26)17(2)21(4,5)20(22(31,6)32-8)28-11-10-27-7/h10-11,18,20,27-28H,9,12-16H2,1-8H3/b11-10-/t18?,20-,22+/m1/s1. The molecule has 6 nitrogen and oxygen atoms in total. The normalized spacial score (nSPS) is 29.0. The summed E-state index contributed by atoms with van der Waals surface area (Å²) < 4.78 is 44.6. The number of hydrogen-bond donors (Lipinski definition) is 2. The van der Waals surface area contributed by atoms with Crippen LogP contribution in [0.4, 0.5) is 13.2 Å². The quantitative estimate of drug-likeness (QED) is 0.579. The molecule has 0 aliphatic carbocycles. The molecule has 1 fully saturated rings. The second-order valence-corrected chi connectivity index (χ2v) is 9.56. The summed E-state index contributed by atoms with van der Waals surface area (Å²) in [6.07, 6.45) is -0.373. The molecule has 0 radical (unpaired) electrons. The molecule has 0 aromatic carbocycles. The second kappa shape index (κ2) is 10.2. The second-order valence-electron chi connectivity index (χ2n) is 9.56. The molecule has 2 heterocycles. The van der Waals surface area contributed by atoms with Gasteiger partial charge in [0.1, 0.15) is 0 Å². The van der Waals surface area contributed by atoms with E-state index < -0.39 is 18.4 Å². The Bertz CT molecular complexity index is 686. The Morgan fingerprint density at radius 2 is 1.75 bits per heavy atom. The van der Waals surface area contributed by atoms with Crippen LogP contribution in [0.25, 0.3) is 0 Å². The highest BCUT2D eigenvalue weighted by Crippen LogP contribution is 2.47. The average Bonchev–Trinajstić information content (AvgIpc) is 2.72. The van der Waals surface area contributed by atoms with E-state index in [1.807, 2.05) is 19.4 Å². The van der Waals surface area contributed by atoms with Gasteiger partial charge in [0.25, 0.3) is 0 Å². The zero-order valence-electron chi connectivity index (χ0n) is 20.9. The molecule has 0 amide bonds. The van der Waals surface area contributed by atoms with E-state index in [1.165, 1.54) is 16.2 Å². The molecule has 2 rings (SSSR count). The summed E-state index contributed by atoms with van der Waals surface area (Å²) in [6, 6.07) is 0.0645. The first kappa shape index (κ1) is 26.8. The zero-order chi connectivity index (χ0) is 24.3. The maximum absolute atomic E-state index is 12.8. The highest BCUT2D eigenvalue weighted by Gasteiger charge is 2.54. The van der Waals surface area contributed by atoms with Gasteiger partial charge in [-0.25, -0.2) is 0 Å². The van der Waals surface area contributed by atoms with Gasteiger partial charge in [0.05, 0.1) is 12.6 Å². The minimum Gasteiger partial charge on any atom is -0.393 e. The highest BCUT2D eigenvalue weighted by atomic mass is 19.4. The molecule has 0 aromatic heterocycles. The Morgan fingerprint density at radius 1 is 1.16 bits per heavy atom. The summed E-state index contributed by atoms with van der Waals surface area (Å²) >= 11 is 0. The zero-order valence-corrected chi connectivity index (χ0v) is 20.9. The number of rotatable bonds is 8. The first-order valence-corrected chi connectivity index (χ1v) is 11.5. The van der Waals surface area contributed by atoms with Crippen LogP contribution in [-0.2, 0) is 4.74 Å². The van der Waals surface area contributed by atoms with E-state index >= 15 is 0 Å². The van der Waals surface area contributed by atoms with Crippen molar-refractivity contribution in [2.75, 3.05) is 53.4 Å². The summed E-state index contributed by atoms with van der Waals surface area (Å²) in [5, 5.41) is 6.56. The van der Waals surface area contributed by atoms with E-state index in [2.05, 4.69) is 62.0 Å². The van der Waals surface area contributed by atoms with Gasteiger partial charge in [-0.1, -0.05) is 13.8 Å². The van der Waals surface area contributed by atoms with Gasteiger partial charge < -0.3 is 20.3 Å². The van der Waals surface area contributed by atoms with Gasteiger partial charge in [-0.15, -0.1) is 0 Å². The number of nitrogens with one attached hydrogen (secondary N) is 2. The molecule has 0 spiro atoms. The van der Waals surface area contributed by atoms with Crippen molar-refractivity contribution < 1.29 is 17.9 Å². The smallest absolute Gasteiger partial charge is 0.393 e. The van der Waals surface area contributed by atoms with Crippen LogP contribution in [0.1, 0.15) is 41.5 Å². The maximum Gasteiger partial charge on any atom is 0.401 e. The lowest BCUT2D eigenvalue weighted by molar-refractivity contribution is -0.162. The molecule has 1 unspecified atom stereocenters. The molecule has 2 aliphatic rings. The van der Waals surface area contributed by atoms with Gasteiger partial charge in [0.15, 0.2) is 5.72 Å². The maximum atomic E-state index is 12.8. The predicted molar refractivity (Wildman–Crippen MR) is 123 cm³/mol. The Morgan fingerprint density at radius 3 is 2.22 bits per heavy atom. The number of piperazine rings is 1. The van der Waals surface area contributed by atoms with E-state index in [4.69, 9.17) is 4.74 Å². The van der Waals surface area contributed by atoms with Crippen LogP contribution in [0, 0.1) is 5.41 Å². The summed E-state index contributed by atoms with van der Waals surface area (Å²) in [5.41, 5.74) is 1.67. The number of likely N-dealkylation sites (N-methyl/N-ethyl adjacent to an activating group) is 1. The fourth-order valence-corrected chi connectivity index (χ4v) is 5.39. The molecule has 0 saturated carbocycles. The van der Waals surface area contributed by atoms with Crippen LogP contribution < -0.4 is 10.6 Å². The number of hydrogen-bond acceptors (Lipinski definition) is 6. The van der Waals surface area contributed by atoms with Crippen LogP contribution in [0.2, 0.25) is 0 Å². The number of nitrogens with zero attached hydrogens (tertiary/aromatic N) is 3. The van der Waals surface area contributed by atoms with Gasteiger partial charge in [-0.2, -0.15) is 13.2 Å². The van der Waals surface area contributed by atoms with E-state index in [0.29, 0.717) is 26.2 Å². The van der Waals surface area contributed by atoms with Gasteiger partial charge in [-0.05, 0) is 33.3 Å². The highest BCUT2D eigenvalue weighted by molar-refractivity contribution is 5.32. The van der Waals surface area contributed by atoms with E-state index in [1.54, 1.807) is 7.11 Å². The van der Waals surface area contributed by atoms with Gasteiger partial charge in [-0.3, -0.25) is 9.80 Å². The Balaban J connectivity index is 2.35. The van der Waals surface area contributed by atoms with E-state index in [0.717, 1.165) is 6.54 Å². The summed E-state index contributed by atoms with van der Waals surface area (Å²) in [7, 11) is 3.60. The van der Waals surface area contributed by atoms with Crippen LogP contribution >= 0.6 is 0 Å². The number of halogens is 3. The minimum atomic E-state index is -4.15. The molecule has 32 heavy (non-hydrogen) atoms. The largest absolute Gasteiger partial charge is 0.401 e. The topological polar surface area (TPSA) is 43.0 Å². The molecule has 186 valence electrons. The van der Waals surface area contributed by atoms with Crippen LogP contribution in [-0.4, -0.2) is 92.1 Å². The third-order valence-electron chi connectivity index (χ3n) is 7.43. The van der Waals surface area contributed by atoms with Crippen molar-refractivity contribution in [3.63, 3.8) is 0 Å². The van der Waals surface area contributed by atoms with E-state index in [-0.39, 0.29) is 17.5 Å². The molecule has 2 N–H and O–H groups in total. The summed E-state index contributed by atoms with van der Waals surface area (Å²) in [5.74, 6) is 0. The average molecular weight is 462 g/mol. The molecule has 0 bridgehead atoms. The minimum absolute atomic E-state index is 0.0101. The van der Waals surface area contributed by atoms with Crippen molar-refractivity contribution >= 4 is 0 Å². The van der Waals surface area contributed by atoms with Crippen molar-refractivity contribution in [3.05, 3.63) is 23.7 Å². The molecule has 1 saturated heterocycles. The monoisotopic (exact) mass is 461 g/mol. The summed E-state index contributed by atoms with van der Waals surface area (Å²) in [6.45, 7) is 15.0. The molecule has 2 aliphatic heterocycles. The lowest BCUT2D eigenvalue weighted by Gasteiger charge is -2.59. The third kappa shape index (κ3) is 5.37. The molecular formula is C23H42F3N5O. The predicted octanol–water partition coefficient (Wildman–Crippen LogP) is 3.20. The van der Waals surface area contributed by atoms with Gasteiger partial charge >= 0.3 is 6.18 Å². The summed E-state index contributed by atoms with van der Waals surface area (Å²) in [4.78, 5) is 6.13. The number of ether oxygens (including phenoxy) is 1. The van der Waals surface area contributed by atoms with E-state index in [9.17, 15) is 13.2 Å². The third-order valence-corrected chi connectivity index (χ3v) is 7.43. The Hall–Kier alpha value is -1.45. The van der Waals surface area contributed by atoms with Gasteiger partial charge in [0.2, 0.25) is 0 Å². The van der Waals surface area contributed by atoms with Crippen LogP contribution in [0.15, 0.2) is 23.7 Å². The van der Waals surface area contributed by atoms with Crippen molar-refractivity contribution in [1.82, 2.24) is 25.3 Å². The van der Waals surface area contributed by atoms with Crippen molar-refractivity contribution in [2.24, 2.45) is 5.41 Å². The molecule has 0 aromatic rings. The first-order chi connectivity index (χ1) is 14.8. The molecular weight excluding hydrogens is 419 g/mol. The van der Waals surface area contributed by atoms with Crippen molar-refractivity contribution in [2.45, 2.75) is 65.5 Å². The number of alkyl halides is 3. The molecule has 3 atom stereocenters. The number of methoxy groups -OCH3 is 1. The Labute approximate surface area is 191 Å². The van der Waals surface area contributed by atoms with Crippen LogP contribution in [0.5, 0.6) is 0 Å². The first-order valence-electron chi connectivity index (χ1n) is 11.5. The van der Waals surface area contributed by atoms with Gasteiger partial charge in [0, 0.05) is 76.4 Å². The van der Waals surface area contributed by atoms with Crippen molar-refractivity contribution in [3.8, 4) is 0 Å². The fourth-order valence-electron chi connectivity index (χ4n) is 5.39. The lowest BCUT2D eigenvalue weighted by Crippen LogP contribution is -2.69. The Kier molecular flexibility index (Phi) is 8.56. The lowest BCUT2D eigenvalue weighted by atomic mass is 9.68. The van der Waals surface area contributed by atoms with Crippen molar-refractivity contribution in [1.29, 1.82) is 0 Å². The SMILES string of the molecule is CCN1C(C(C)N2CCN(CC(F)(F)F)CC2)=C(C)C(C)(C)[C@@H](N/C=C\NC)[C@]1(C)OC.